The first kappa shape index (κ1) is 23.2. The third-order valence-electron chi connectivity index (χ3n) is 3.89. The largest absolute Gasteiger partial charge is 0.433 e. The second-order valence-electron chi connectivity index (χ2n) is 6.01. The SMILES string of the molecule is CNc1ccc(/C=C/c2ccc(OC(S)(COCCOCCF)OC)nc2)cc1. The summed E-state index contributed by atoms with van der Waals surface area (Å²) in [6.07, 6.45) is 5.67. The van der Waals surface area contributed by atoms with E-state index < -0.39 is 11.8 Å². The van der Waals surface area contributed by atoms with Crippen LogP contribution < -0.4 is 10.1 Å². The fraction of sp³-hybridized carbons (Fsp3) is 0.381. The molecule has 8 heteroatoms. The normalized spacial score (nSPS) is 13.4. The molecule has 0 aliphatic rings. The van der Waals surface area contributed by atoms with Crippen molar-refractivity contribution in [3.05, 3.63) is 53.7 Å². The molecule has 0 saturated heterocycles. The van der Waals surface area contributed by atoms with Crippen molar-refractivity contribution in [2.24, 2.45) is 0 Å². The van der Waals surface area contributed by atoms with E-state index in [1.54, 1.807) is 12.3 Å². The van der Waals surface area contributed by atoms with Crippen molar-refractivity contribution in [1.82, 2.24) is 4.98 Å². The molecular weight excluding hydrogens is 395 g/mol. The van der Waals surface area contributed by atoms with Crippen LogP contribution in [0.25, 0.3) is 12.2 Å². The summed E-state index contributed by atoms with van der Waals surface area (Å²) in [5.41, 5.74) is 3.08. The third kappa shape index (κ3) is 8.41. The molecule has 29 heavy (non-hydrogen) atoms. The third-order valence-corrected chi connectivity index (χ3v) is 4.29. The van der Waals surface area contributed by atoms with Crippen molar-refractivity contribution in [3.63, 3.8) is 0 Å². The fourth-order valence-electron chi connectivity index (χ4n) is 2.27. The summed E-state index contributed by atoms with van der Waals surface area (Å²) < 4.78 is 33.3. The van der Waals surface area contributed by atoms with Gasteiger partial charge in [0.05, 0.1) is 19.8 Å². The molecule has 1 aromatic heterocycles. The van der Waals surface area contributed by atoms with Crippen LogP contribution in [-0.2, 0) is 14.2 Å². The van der Waals surface area contributed by atoms with Gasteiger partial charge >= 0.3 is 0 Å². The molecule has 1 heterocycles. The molecule has 0 aliphatic heterocycles. The van der Waals surface area contributed by atoms with Crippen molar-refractivity contribution in [2.75, 3.05) is 52.6 Å². The molecule has 2 aromatic rings. The Kier molecular flexibility index (Phi) is 9.93. The molecule has 0 bridgehead atoms. The number of benzene rings is 1. The van der Waals surface area contributed by atoms with E-state index in [1.165, 1.54) is 7.11 Å². The van der Waals surface area contributed by atoms with Gasteiger partial charge in [0.1, 0.15) is 13.3 Å². The molecular formula is C21H27FN2O4S. The molecule has 1 aromatic carbocycles. The Hall–Kier alpha value is -2.13. The monoisotopic (exact) mass is 422 g/mol. The van der Waals surface area contributed by atoms with Crippen LogP contribution in [-0.4, -0.2) is 57.4 Å². The van der Waals surface area contributed by atoms with E-state index >= 15 is 0 Å². The van der Waals surface area contributed by atoms with Gasteiger partial charge in [-0.15, -0.1) is 0 Å². The highest BCUT2D eigenvalue weighted by Crippen LogP contribution is 2.22. The Balaban J connectivity index is 1.86. The predicted octanol–water partition coefficient (Wildman–Crippen LogP) is 3.91. The first-order valence-corrected chi connectivity index (χ1v) is 9.63. The summed E-state index contributed by atoms with van der Waals surface area (Å²) in [6, 6.07) is 11.7. The van der Waals surface area contributed by atoms with Crippen LogP contribution in [0.2, 0.25) is 0 Å². The number of hydrogen-bond donors (Lipinski definition) is 2. The van der Waals surface area contributed by atoms with Crippen molar-refractivity contribution in [3.8, 4) is 5.88 Å². The predicted molar refractivity (Wildman–Crippen MR) is 116 cm³/mol. The summed E-state index contributed by atoms with van der Waals surface area (Å²) in [4.78, 5) is 4.29. The first-order valence-electron chi connectivity index (χ1n) is 9.18. The molecule has 0 saturated carbocycles. The Bertz CT molecular complexity index is 743. The van der Waals surface area contributed by atoms with Gasteiger partial charge in [0, 0.05) is 32.1 Å². The van der Waals surface area contributed by atoms with Crippen LogP contribution in [0.15, 0.2) is 42.6 Å². The van der Waals surface area contributed by atoms with Gasteiger partial charge in [0.15, 0.2) is 0 Å². The average molecular weight is 423 g/mol. The smallest absolute Gasteiger partial charge is 0.282 e. The van der Waals surface area contributed by atoms with Gasteiger partial charge in [-0.25, -0.2) is 9.37 Å². The number of ether oxygens (including phenoxy) is 4. The van der Waals surface area contributed by atoms with E-state index in [4.69, 9.17) is 18.9 Å². The van der Waals surface area contributed by atoms with Crippen LogP contribution in [0.5, 0.6) is 5.88 Å². The van der Waals surface area contributed by atoms with E-state index in [9.17, 15) is 4.39 Å². The lowest BCUT2D eigenvalue weighted by Crippen LogP contribution is -2.38. The van der Waals surface area contributed by atoms with Crippen LogP contribution in [0.1, 0.15) is 11.1 Å². The lowest BCUT2D eigenvalue weighted by atomic mass is 10.1. The summed E-state index contributed by atoms with van der Waals surface area (Å²) in [6.45, 7) is 0.159. The molecule has 158 valence electrons. The average Bonchev–Trinajstić information content (AvgIpc) is 2.76. The number of pyridine rings is 1. The Morgan fingerprint density at radius 3 is 2.34 bits per heavy atom. The second kappa shape index (κ2) is 12.4. The topological polar surface area (TPSA) is 61.8 Å². The minimum atomic E-state index is -1.29. The van der Waals surface area contributed by atoms with Crippen molar-refractivity contribution in [1.29, 1.82) is 0 Å². The molecule has 0 spiro atoms. The number of methoxy groups -OCH3 is 1. The van der Waals surface area contributed by atoms with Crippen LogP contribution in [0.3, 0.4) is 0 Å². The number of hydrogen-bond acceptors (Lipinski definition) is 7. The molecule has 0 fully saturated rings. The number of nitrogens with one attached hydrogen (secondary N) is 1. The number of rotatable bonds is 13. The lowest BCUT2D eigenvalue weighted by Gasteiger charge is -2.26. The van der Waals surface area contributed by atoms with E-state index in [1.807, 2.05) is 49.5 Å². The van der Waals surface area contributed by atoms with Gasteiger partial charge in [-0.1, -0.05) is 36.9 Å². The maximum absolute atomic E-state index is 11.9. The Morgan fingerprint density at radius 1 is 1.03 bits per heavy atom. The number of anilines is 1. The highest BCUT2D eigenvalue weighted by molar-refractivity contribution is 7.81. The zero-order valence-electron chi connectivity index (χ0n) is 16.6. The molecule has 1 atom stereocenters. The number of halogens is 1. The van der Waals surface area contributed by atoms with Crippen molar-refractivity contribution in [2.45, 2.75) is 5.12 Å². The molecule has 0 amide bonds. The Labute approximate surface area is 176 Å². The van der Waals surface area contributed by atoms with Crippen LogP contribution >= 0.6 is 12.6 Å². The van der Waals surface area contributed by atoms with Gasteiger partial charge < -0.3 is 24.3 Å². The summed E-state index contributed by atoms with van der Waals surface area (Å²) in [5.74, 6) is 0.356. The van der Waals surface area contributed by atoms with Crippen LogP contribution in [0.4, 0.5) is 10.1 Å². The summed E-state index contributed by atoms with van der Waals surface area (Å²) in [7, 11) is 3.35. The highest BCUT2D eigenvalue weighted by Gasteiger charge is 2.28. The minimum Gasteiger partial charge on any atom is -0.433 e. The molecule has 1 N–H and O–H groups in total. The van der Waals surface area contributed by atoms with Crippen molar-refractivity contribution >= 4 is 30.5 Å². The van der Waals surface area contributed by atoms with Crippen molar-refractivity contribution < 1.29 is 23.3 Å². The molecule has 0 aliphatic carbocycles. The quantitative estimate of drug-likeness (QED) is 0.290. The standard InChI is InChI=1S/C21H27FN2O4S/c1-23-19-8-5-17(6-9-19)3-4-18-7-10-20(24-15-18)28-21(29,25-2)16-27-14-13-26-12-11-22/h3-10,15,23,29H,11-14,16H2,1-2H3/b4-3+. The Morgan fingerprint density at radius 2 is 1.72 bits per heavy atom. The summed E-state index contributed by atoms with van der Waals surface area (Å²) in [5, 5.41) is 1.80. The second-order valence-corrected chi connectivity index (χ2v) is 6.69. The van der Waals surface area contributed by atoms with E-state index in [-0.39, 0.29) is 26.4 Å². The van der Waals surface area contributed by atoms with E-state index in [2.05, 4.69) is 22.9 Å². The lowest BCUT2D eigenvalue weighted by molar-refractivity contribution is -0.134. The number of nitrogens with zero attached hydrogens (tertiary/aromatic N) is 1. The highest BCUT2D eigenvalue weighted by atomic mass is 32.1. The molecule has 1 unspecified atom stereocenters. The van der Waals surface area contributed by atoms with Gasteiger partial charge in [-0.3, -0.25) is 0 Å². The first-order chi connectivity index (χ1) is 14.1. The van der Waals surface area contributed by atoms with E-state index in [0.717, 1.165) is 16.8 Å². The maximum atomic E-state index is 11.9. The van der Waals surface area contributed by atoms with Crippen LogP contribution in [0, 0.1) is 0 Å². The van der Waals surface area contributed by atoms with Gasteiger partial charge in [0.2, 0.25) is 5.88 Å². The zero-order valence-corrected chi connectivity index (χ0v) is 17.5. The fourth-order valence-corrected chi connectivity index (χ4v) is 2.46. The van der Waals surface area contributed by atoms with E-state index in [0.29, 0.717) is 5.88 Å². The number of aromatic nitrogens is 1. The van der Waals surface area contributed by atoms with Gasteiger partial charge in [-0.2, -0.15) is 0 Å². The maximum Gasteiger partial charge on any atom is 0.282 e. The zero-order chi connectivity index (χ0) is 21.0. The molecule has 2 rings (SSSR count). The molecule has 6 nitrogen and oxygen atoms in total. The van der Waals surface area contributed by atoms with Gasteiger partial charge in [0.25, 0.3) is 5.12 Å². The number of alkyl halides is 1. The molecule has 0 radical (unpaired) electrons. The van der Waals surface area contributed by atoms with Gasteiger partial charge in [-0.05, 0) is 29.3 Å². The summed E-state index contributed by atoms with van der Waals surface area (Å²) >= 11 is 4.38. The minimum absolute atomic E-state index is 0.0531. The number of thiol groups is 1.